The lowest BCUT2D eigenvalue weighted by Gasteiger charge is -2.13. The SMILES string of the molecule is CCO[C@H](Cc1cccc(C2=NOC(c3ccc(Cl)cc3)C2)c1)C(=O)O. The van der Waals surface area contributed by atoms with Gasteiger partial charge < -0.3 is 14.7 Å². The molecule has 0 spiro atoms. The Labute approximate surface area is 157 Å². The molecule has 136 valence electrons. The van der Waals surface area contributed by atoms with Crippen LogP contribution in [0.15, 0.2) is 53.7 Å². The van der Waals surface area contributed by atoms with E-state index in [4.69, 9.17) is 21.2 Å². The summed E-state index contributed by atoms with van der Waals surface area (Å²) in [4.78, 5) is 16.9. The quantitative estimate of drug-likeness (QED) is 0.788. The highest BCUT2D eigenvalue weighted by Gasteiger charge is 2.24. The smallest absolute Gasteiger partial charge is 0.333 e. The number of halogens is 1. The maximum Gasteiger partial charge on any atom is 0.333 e. The first-order valence-electron chi connectivity index (χ1n) is 8.48. The molecule has 0 aromatic heterocycles. The first-order chi connectivity index (χ1) is 12.6. The molecule has 0 aliphatic carbocycles. The molecule has 0 bridgehead atoms. The Bertz CT molecular complexity index is 804. The fourth-order valence-electron chi connectivity index (χ4n) is 2.91. The average molecular weight is 374 g/mol. The van der Waals surface area contributed by atoms with Crippen LogP contribution in [0.3, 0.4) is 0 Å². The molecule has 0 radical (unpaired) electrons. The highest BCUT2D eigenvalue weighted by atomic mass is 35.5. The van der Waals surface area contributed by atoms with Gasteiger partial charge in [-0.3, -0.25) is 0 Å². The molecule has 5 nitrogen and oxygen atoms in total. The van der Waals surface area contributed by atoms with Crippen molar-refractivity contribution in [3.63, 3.8) is 0 Å². The van der Waals surface area contributed by atoms with Crippen molar-refractivity contribution in [2.75, 3.05) is 6.61 Å². The van der Waals surface area contributed by atoms with Crippen LogP contribution in [0.5, 0.6) is 0 Å². The first kappa shape index (κ1) is 18.4. The Balaban J connectivity index is 1.70. The summed E-state index contributed by atoms with van der Waals surface area (Å²) in [5.41, 5.74) is 3.68. The van der Waals surface area contributed by atoms with Crippen LogP contribution in [0.2, 0.25) is 5.02 Å². The lowest BCUT2D eigenvalue weighted by Crippen LogP contribution is -2.26. The van der Waals surface area contributed by atoms with Gasteiger partial charge in [0.1, 0.15) is 0 Å². The van der Waals surface area contributed by atoms with Crippen molar-refractivity contribution in [2.24, 2.45) is 5.16 Å². The summed E-state index contributed by atoms with van der Waals surface area (Å²) in [6, 6.07) is 15.2. The molecule has 0 saturated heterocycles. The zero-order chi connectivity index (χ0) is 18.5. The van der Waals surface area contributed by atoms with Gasteiger partial charge in [-0.05, 0) is 41.8 Å². The number of hydrogen-bond acceptors (Lipinski definition) is 4. The third-order valence-corrected chi connectivity index (χ3v) is 4.49. The highest BCUT2D eigenvalue weighted by molar-refractivity contribution is 6.30. The highest BCUT2D eigenvalue weighted by Crippen LogP contribution is 2.30. The molecule has 0 saturated carbocycles. The normalized spacial score (nSPS) is 17.5. The van der Waals surface area contributed by atoms with Crippen LogP contribution in [-0.4, -0.2) is 29.5 Å². The summed E-state index contributed by atoms with van der Waals surface area (Å²) >= 11 is 5.92. The van der Waals surface area contributed by atoms with Crippen LogP contribution >= 0.6 is 11.6 Å². The second-order valence-corrected chi connectivity index (χ2v) is 6.51. The van der Waals surface area contributed by atoms with Crippen molar-refractivity contribution in [1.82, 2.24) is 0 Å². The Morgan fingerprint density at radius 1 is 1.35 bits per heavy atom. The van der Waals surface area contributed by atoms with E-state index in [0.29, 0.717) is 24.5 Å². The Morgan fingerprint density at radius 3 is 2.81 bits per heavy atom. The van der Waals surface area contributed by atoms with Crippen molar-refractivity contribution in [3.05, 3.63) is 70.2 Å². The lowest BCUT2D eigenvalue weighted by molar-refractivity contribution is -0.149. The van der Waals surface area contributed by atoms with Gasteiger partial charge in [-0.15, -0.1) is 0 Å². The minimum absolute atomic E-state index is 0.138. The van der Waals surface area contributed by atoms with Gasteiger partial charge in [0.05, 0.1) is 5.71 Å². The topological polar surface area (TPSA) is 68.1 Å². The molecule has 1 N–H and O–H groups in total. The molecule has 0 fully saturated rings. The minimum atomic E-state index is -0.957. The van der Waals surface area contributed by atoms with Crippen LogP contribution < -0.4 is 0 Å². The lowest BCUT2D eigenvalue weighted by atomic mass is 9.97. The third kappa shape index (κ3) is 4.42. The van der Waals surface area contributed by atoms with Gasteiger partial charge in [0.25, 0.3) is 0 Å². The van der Waals surface area contributed by atoms with E-state index < -0.39 is 12.1 Å². The fourth-order valence-corrected chi connectivity index (χ4v) is 3.04. The number of nitrogens with zero attached hydrogens (tertiary/aromatic N) is 1. The zero-order valence-corrected chi connectivity index (χ0v) is 15.1. The number of hydrogen-bond donors (Lipinski definition) is 1. The van der Waals surface area contributed by atoms with Crippen molar-refractivity contribution in [2.45, 2.75) is 32.0 Å². The monoisotopic (exact) mass is 373 g/mol. The fraction of sp³-hybridized carbons (Fsp3) is 0.300. The predicted molar refractivity (Wildman–Crippen MR) is 99.6 cm³/mol. The maximum atomic E-state index is 11.3. The molecule has 6 heteroatoms. The largest absolute Gasteiger partial charge is 0.479 e. The summed E-state index contributed by atoms with van der Waals surface area (Å²) < 4.78 is 5.29. The van der Waals surface area contributed by atoms with Gasteiger partial charge in [0.2, 0.25) is 0 Å². The molecule has 1 unspecified atom stereocenters. The number of aliphatic carboxylic acids is 1. The van der Waals surface area contributed by atoms with Gasteiger partial charge in [0, 0.05) is 24.5 Å². The van der Waals surface area contributed by atoms with E-state index in [9.17, 15) is 9.90 Å². The van der Waals surface area contributed by atoms with Crippen LogP contribution in [0.4, 0.5) is 0 Å². The van der Waals surface area contributed by atoms with E-state index >= 15 is 0 Å². The van der Waals surface area contributed by atoms with Gasteiger partial charge in [-0.2, -0.15) is 0 Å². The first-order valence-corrected chi connectivity index (χ1v) is 8.86. The Morgan fingerprint density at radius 2 is 2.12 bits per heavy atom. The van der Waals surface area contributed by atoms with Crippen LogP contribution in [-0.2, 0) is 20.8 Å². The van der Waals surface area contributed by atoms with Gasteiger partial charge in [-0.1, -0.05) is 47.1 Å². The molecule has 26 heavy (non-hydrogen) atoms. The van der Waals surface area contributed by atoms with E-state index in [2.05, 4.69) is 5.16 Å². The molecule has 1 aliphatic heterocycles. The number of oxime groups is 1. The van der Waals surface area contributed by atoms with Crippen LogP contribution in [0.1, 0.15) is 36.1 Å². The predicted octanol–water partition coefficient (Wildman–Crippen LogP) is 4.24. The molecular weight excluding hydrogens is 354 g/mol. The van der Waals surface area contributed by atoms with Crippen molar-refractivity contribution in [3.8, 4) is 0 Å². The number of carboxylic acids is 1. The van der Waals surface area contributed by atoms with Crippen LogP contribution in [0.25, 0.3) is 0 Å². The number of carbonyl (C=O) groups is 1. The standard InChI is InChI=1S/C20H20ClNO4/c1-2-25-19(20(23)24)11-13-4-3-5-15(10-13)17-12-18(26-22-17)14-6-8-16(21)9-7-14/h3-10,18-19H,2,11-12H2,1H3,(H,23,24)/t18?,19-/m1/s1. The molecule has 1 heterocycles. The van der Waals surface area contributed by atoms with Crippen LogP contribution in [0, 0.1) is 0 Å². The molecule has 1 aliphatic rings. The van der Waals surface area contributed by atoms with E-state index in [1.54, 1.807) is 6.92 Å². The zero-order valence-electron chi connectivity index (χ0n) is 14.4. The van der Waals surface area contributed by atoms with Crippen molar-refractivity contribution < 1.29 is 19.5 Å². The third-order valence-electron chi connectivity index (χ3n) is 4.24. The number of rotatable bonds is 7. The van der Waals surface area contributed by atoms with E-state index in [0.717, 1.165) is 22.4 Å². The molecule has 2 aromatic carbocycles. The molecule has 3 rings (SSSR count). The summed E-state index contributed by atoms with van der Waals surface area (Å²) in [5, 5.41) is 14.1. The molecule has 2 aromatic rings. The van der Waals surface area contributed by atoms with Gasteiger partial charge in [0.15, 0.2) is 12.2 Å². The Kier molecular flexibility index (Phi) is 5.91. The van der Waals surface area contributed by atoms with Crippen molar-refractivity contribution >= 4 is 23.3 Å². The number of benzene rings is 2. The van der Waals surface area contributed by atoms with E-state index in [-0.39, 0.29) is 6.10 Å². The van der Waals surface area contributed by atoms with Gasteiger partial charge >= 0.3 is 5.97 Å². The summed E-state index contributed by atoms with van der Waals surface area (Å²) in [5.74, 6) is -0.957. The molecule has 2 atom stereocenters. The number of ether oxygens (including phenoxy) is 1. The molecule has 0 amide bonds. The second-order valence-electron chi connectivity index (χ2n) is 6.07. The number of carboxylic acid groups (broad SMARTS) is 1. The minimum Gasteiger partial charge on any atom is -0.479 e. The summed E-state index contributed by atoms with van der Waals surface area (Å²) in [7, 11) is 0. The maximum absolute atomic E-state index is 11.3. The van der Waals surface area contributed by atoms with E-state index in [1.807, 2.05) is 48.5 Å². The summed E-state index contributed by atoms with van der Waals surface area (Å²) in [6.45, 7) is 2.15. The Hall–Kier alpha value is -2.37. The average Bonchev–Trinajstić information content (AvgIpc) is 3.12. The van der Waals surface area contributed by atoms with E-state index in [1.165, 1.54) is 0 Å². The van der Waals surface area contributed by atoms with Gasteiger partial charge in [-0.25, -0.2) is 4.79 Å². The summed E-state index contributed by atoms with van der Waals surface area (Å²) in [6.07, 6.45) is -0.0232. The van der Waals surface area contributed by atoms with Crippen molar-refractivity contribution in [1.29, 1.82) is 0 Å². The second kappa shape index (κ2) is 8.34. The molecular formula is C20H20ClNO4.